The molecule has 4 N–H and O–H groups in total. The summed E-state index contributed by atoms with van der Waals surface area (Å²) in [5, 5.41) is 24.7. The lowest BCUT2D eigenvalue weighted by molar-refractivity contribution is 0.323. The number of nitrogens with two attached hydrogens (primary N) is 2. The van der Waals surface area contributed by atoms with Crippen molar-refractivity contribution in [2.45, 2.75) is 31.6 Å². The summed E-state index contributed by atoms with van der Waals surface area (Å²) < 4.78 is 10.5. The van der Waals surface area contributed by atoms with Gasteiger partial charge in [-0.1, -0.05) is 16.8 Å². The van der Waals surface area contributed by atoms with E-state index >= 15 is 0 Å². The van der Waals surface area contributed by atoms with Gasteiger partial charge in [0.2, 0.25) is 11.7 Å². The third kappa shape index (κ3) is 4.40. The molecule has 1 fully saturated rings. The quantitative estimate of drug-likeness (QED) is 0.441. The number of halogens is 1. The number of rotatable bonds is 5. The summed E-state index contributed by atoms with van der Waals surface area (Å²) in [7, 11) is 1.49. The molecule has 1 aliphatic carbocycles. The molecular formula is C26H26ClN11O2S. The van der Waals surface area contributed by atoms with Gasteiger partial charge in [-0.25, -0.2) is 0 Å². The molecular weight excluding hydrogens is 566 g/mol. The number of hydrogen-bond donors (Lipinski definition) is 2. The highest BCUT2D eigenvalue weighted by Gasteiger charge is 2.52. The largest absolute Gasteiger partial charge is 0.467 e. The molecule has 0 bridgehead atoms. The van der Waals surface area contributed by atoms with Crippen molar-refractivity contribution < 1.29 is 9.26 Å². The average Bonchev–Trinajstić information content (AvgIpc) is 3.57. The molecule has 3 aromatic rings. The number of aryl methyl sites for hydroxylation is 2. The van der Waals surface area contributed by atoms with Crippen LogP contribution in [0.2, 0.25) is 0 Å². The van der Waals surface area contributed by atoms with E-state index < -0.39 is 0 Å². The van der Waals surface area contributed by atoms with Crippen LogP contribution < -0.4 is 26.0 Å². The Balaban J connectivity index is 1.33. The standard InChI is InChI=1S/C26H26ClN11O2S/c1-13-33-22(36-40-13)20(30)19(27)16-10-37(7-3-6-32-16)23-15(9-29)24(35-25(34-23)39-2)38-11-26(12-38)5-4-17-18(26)14(8-28)21(31)41-17/h3-7,10-12,30-31H2,1-2H3/b20-19+. The predicted octanol–water partition coefficient (Wildman–Crippen LogP) is 2.49. The summed E-state index contributed by atoms with van der Waals surface area (Å²) >= 11 is 8.18. The van der Waals surface area contributed by atoms with Gasteiger partial charge in [0.05, 0.1) is 30.0 Å². The predicted molar refractivity (Wildman–Crippen MR) is 154 cm³/mol. The van der Waals surface area contributed by atoms with Crippen LogP contribution in [-0.4, -0.2) is 65.7 Å². The van der Waals surface area contributed by atoms with E-state index in [1.807, 2.05) is 9.80 Å². The van der Waals surface area contributed by atoms with Gasteiger partial charge in [-0.15, -0.1) is 11.3 Å². The molecule has 2 aliphatic heterocycles. The first-order chi connectivity index (χ1) is 19.8. The van der Waals surface area contributed by atoms with Crippen LogP contribution in [0.25, 0.3) is 5.70 Å². The second-order valence-electron chi connectivity index (χ2n) is 10.2. The molecule has 0 aromatic carbocycles. The number of thiophene rings is 1. The smallest absolute Gasteiger partial charge is 0.320 e. The lowest BCUT2D eigenvalue weighted by atomic mass is 9.74. The minimum Gasteiger partial charge on any atom is -0.467 e. The number of hydrogen-bond acceptors (Lipinski definition) is 14. The Morgan fingerprint density at radius 3 is 2.54 bits per heavy atom. The summed E-state index contributed by atoms with van der Waals surface area (Å²) in [5.41, 5.74) is 14.9. The Morgan fingerprint density at radius 2 is 1.88 bits per heavy atom. The van der Waals surface area contributed by atoms with E-state index in [0.29, 0.717) is 72.0 Å². The minimum absolute atomic E-state index is 0.144. The summed E-state index contributed by atoms with van der Waals surface area (Å²) in [6.45, 7) is 4.22. The Bertz CT molecular complexity index is 1690. The van der Waals surface area contributed by atoms with Gasteiger partial charge in [0.1, 0.15) is 28.4 Å². The van der Waals surface area contributed by atoms with E-state index in [1.54, 1.807) is 6.92 Å². The molecule has 0 saturated carbocycles. The molecule has 210 valence electrons. The summed E-state index contributed by atoms with van der Waals surface area (Å²) in [5.74, 6) is 1.46. The van der Waals surface area contributed by atoms with Crippen molar-refractivity contribution in [2.75, 3.05) is 55.4 Å². The highest BCUT2D eigenvalue weighted by atomic mass is 35.5. The SMILES string of the molecule is COc1nc(N2CCCN=C(/C(Cl)=C(\N)c3noc(C)n3)C2)c(C#N)c(N2CC3(CCc4sc(N)c(C#N)c43)C2)n1. The Hall–Kier alpha value is -4.40. The van der Waals surface area contributed by atoms with Crippen LogP contribution in [-0.2, 0) is 11.8 Å². The number of nitrogens with zero attached hydrogens (tertiary/aromatic N) is 9. The molecule has 1 saturated heterocycles. The minimum atomic E-state index is -0.189. The zero-order chi connectivity index (χ0) is 28.9. The molecule has 1 spiro atoms. The maximum Gasteiger partial charge on any atom is 0.320 e. The van der Waals surface area contributed by atoms with E-state index in [1.165, 1.54) is 23.3 Å². The molecule has 0 atom stereocenters. The highest BCUT2D eigenvalue weighted by molar-refractivity contribution is 7.16. The number of aromatic nitrogens is 4. The fourth-order valence-corrected chi connectivity index (χ4v) is 7.15. The van der Waals surface area contributed by atoms with Crippen molar-refractivity contribution in [1.29, 1.82) is 10.5 Å². The van der Waals surface area contributed by atoms with Gasteiger partial charge >= 0.3 is 6.01 Å². The van der Waals surface area contributed by atoms with Gasteiger partial charge in [-0.05, 0) is 24.8 Å². The van der Waals surface area contributed by atoms with E-state index in [9.17, 15) is 10.5 Å². The van der Waals surface area contributed by atoms with Crippen molar-refractivity contribution in [3.8, 4) is 18.1 Å². The topological polar surface area (TPSA) is 192 Å². The zero-order valence-electron chi connectivity index (χ0n) is 22.4. The number of nitriles is 2. The Labute approximate surface area is 244 Å². The van der Waals surface area contributed by atoms with Crippen molar-refractivity contribution in [2.24, 2.45) is 10.7 Å². The highest BCUT2D eigenvalue weighted by Crippen LogP contribution is 2.53. The van der Waals surface area contributed by atoms with Crippen LogP contribution in [0.4, 0.5) is 16.6 Å². The second-order valence-corrected chi connectivity index (χ2v) is 11.7. The lowest BCUT2D eigenvalue weighted by Gasteiger charge is -2.49. The summed E-state index contributed by atoms with van der Waals surface area (Å²) in [4.78, 5) is 23.1. The van der Waals surface area contributed by atoms with Gasteiger partial charge in [-0.2, -0.15) is 25.5 Å². The van der Waals surface area contributed by atoms with Crippen LogP contribution in [0.15, 0.2) is 14.5 Å². The van der Waals surface area contributed by atoms with Crippen LogP contribution >= 0.6 is 22.9 Å². The number of ether oxygens (including phenoxy) is 1. The number of methoxy groups -OCH3 is 1. The lowest BCUT2D eigenvalue weighted by Crippen LogP contribution is -2.59. The van der Waals surface area contributed by atoms with Crippen LogP contribution in [0.5, 0.6) is 6.01 Å². The molecule has 0 unspecified atom stereocenters. The van der Waals surface area contributed by atoms with Gasteiger partial charge in [0.25, 0.3) is 0 Å². The van der Waals surface area contributed by atoms with Crippen molar-refractivity contribution in [3.05, 3.63) is 38.3 Å². The number of anilines is 3. The summed E-state index contributed by atoms with van der Waals surface area (Å²) in [6, 6.07) is 4.77. The van der Waals surface area contributed by atoms with E-state index in [2.05, 4.69) is 37.2 Å². The third-order valence-electron chi connectivity index (χ3n) is 7.70. The van der Waals surface area contributed by atoms with Crippen molar-refractivity contribution in [3.63, 3.8) is 0 Å². The van der Waals surface area contributed by atoms with Crippen molar-refractivity contribution >= 4 is 51.0 Å². The molecule has 5 heterocycles. The maximum atomic E-state index is 10.4. The Morgan fingerprint density at radius 1 is 1.15 bits per heavy atom. The molecule has 3 aliphatic rings. The first-order valence-corrected chi connectivity index (χ1v) is 14.2. The molecule has 0 amide bonds. The first kappa shape index (κ1) is 26.8. The van der Waals surface area contributed by atoms with Gasteiger partial charge in [-0.3, -0.25) is 4.99 Å². The summed E-state index contributed by atoms with van der Waals surface area (Å²) in [6.07, 6.45) is 2.52. The van der Waals surface area contributed by atoms with Gasteiger partial charge in [0.15, 0.2) is 11.6 Å². The van der Waals surface area contributed by atoms with E-state index in [-0.39, 0.29) is 34.5 Å². The van der Waals surface area contributed by atoms with Crippen molar-refractivity contribution in [1.82, 2.24) is 20.1 Å². The van der Waals surface area contributed by atoms with E-state index in [4.69, 9.17) is 32.3 Å². The number of nitrogen functional groups attached to an aromatic ring is 1. The first-order valence-electron chi connectivity index (χ1n) is 13.0. The normalized spacial score (nSPS) is 18.1. The average molecular weight is 592 g/mol. The molecule has 6 rings (SSSR count). The molecule has 0 radical (unpaired) electrons. The number of aliphatic imine (C=N–C) groups is 1. The van der Waals surface area contributed by atoms with Crippen LogP contribution in [0, 0.1) is 29.6 Å². The third-order valence-corrected chi connectivity index (χ3v) is 9.20. The molecule has 13 nitrogen and oxygen atoms in total. The second kappa shape index (κ2) is 10.2. The van der Waals surface area contributed by atoms with Crippen LogP contribution in [0.1, 0.15) is 46.1 Å². The fourth-order valence-electron chi connectivity index (χ4n) is 5.81. The number of fused-ring (bicyclic) bond motifs is 2. The monoisotopic (exact) mass is 591 g/mol. The van der Waals surface area contributed by atoms with Crippen LogP contribution in [0.3, 0.4) is 0 Å². The Kier molecular flexibility index (Phi) is 6.68. The molecule has 41 heavy (non-hydrogen) atoms. The fraction of sp³-hybridized carbons (Fsp3) is 0.423. The molecule has 15 heteroatoms. The van der Waals surface area contributed by atoms with Gasteiger partial charge < -0.3 is 30.5 Å². The van der Waals surface area contributed by atoms with Gasteiger partial charge in [0, 0.05) is 43.4 Å². The molecule has 3 aromatic heterocycles. The van der Waals surface area contributed by atoms with E-state index in [0.717, 1.165) is 18.4 Å². The maximum absolute atomic E-state index is 10.4. The zero-order valence-corrected chi connectivity index (χ0v) is 24.0.